The molecule has 2 aromatic rings. The Morgan fingerprint density at radius 1 is 1.08 bits per heavy atom. The summed E-state index contributed by atoms with van der Waals surface area (Å²) in [5, 5.41) is 6.81. The number of anilines is 3. The molecule has 0 saturated carbocycles. The van der Waals surface area contributed by atoms with E-state index in [4.69, 9.17) is 11.6 Å². The Bertz CT molecular complexity index is 754. The summed E-state index contributed by atoms with van der Waals surface area (Å²) >= 11 is 6.02. The molecule has 1 aliphatic heterocycles. The van der Waals surface area contributed by atoms with Crippen LogP contribution >= 0.6 is 11.6 Å². The molecular formula is C21H26ClN3O. The van der Waals surface area contributed by atoms with Gasteiger partial charge in [0.25, 0.3) is 0 Å². The molecule has 138 valence electrons. The first kappa shape index (κ1) is 18.6. The van der Waals surface area contributed by atoms with Crippen molar-refractivity contribution in [2.45, 2.75) is 39.2 Å². The Hall–Kier alpha value is -2.20. The number of nitrogens with one attached hydrogen (secondary N) is 2. The maximum Gasteiger partial charge on any atom is 0.246 e. The number of hydrogen-bond acceptors (Lipinski definition) is 3. The predicted molar refractivity (Wildman–Crippen MR) is 110 cm³/mol. The second-order valence-corrected chi connectivity index (χ2v) is 7.35. The molecule has 2 aromatic carbocycles. The van der Waals surface area contributed by atoms with E-state index < -0.39 is 0 Å². The van der Waals surface area contributed by atoms with Gasteiger partial charge in [-0.05, 0) is 75.1 Å². The number of rotatable bonds is 5. The average molecular weight is 372 g/mol. The van der Waals surface area contributed by atoms with E-state index in [1.54, 1.807) is 6.07 Å². The zero-order chi connectivity index (χ0) is 18.5. The second-order valence-electron chi connectivity index (χ2n) is 6.91. The van der Waals surface area contributed by atoms with E-state index in [9.17, 15) is 4.79 Å². The van der Waals surface area contributed by atoms with E-state index in [2.05, 4.69) is 27.7 Å². The van der Waals surface area contributed by atoms with Crippen molar-refractivity contribution >= 4 is 34.6 Å². The Morgan fingerprint density at radius 3 is 2.46 bits per heavy atom. The summed E-state index contributed by atoms with van der Waals surface area (Å²) in [5.41, 5.74) is 3.93. The Labute approximate surface area is 160 Å². The molecule has 0 spiro atoms. The molecule has 0 aromatic heterocycles. The highest BCUT2D eigenvalue weighted by molar-refractivity contribution is 6.31. The van der Waals surface area contributed by atoms with Crippen LogP contribution in [0.2, 0.25) is 5.02 Å². The van der Waals surface area contributed by atoms with Crippen LogP contribution in [0.4, 0.5) is 17.1 Å². The fraction of sp³-hybridized carbons (Fsp3) is 0.381. The van der Waals surface area contributed by atoms with Crippen LogP contribution in [-0.4, -0.2) is 25.0 Å². The van der Waals surface area contributed by atoms with Gasteiger partial charge in [-0.2, -0.15) is 0 Å². The predicted octanol–water partition coefficient (Wildman–Crippen LogP) is 5.08. The van der Waals surface area contributed by atoms with Crippen LogP contribution in [0.1, 0.15) is 31.7 Å². The number of carbonyl (C=O) groups is 1. The van der Waals surface area contributed by atoms with E-state index in [1.807, 2.05) is 38.1 Å². The standard InChI is InChI=1S/C21H26ClN3O/c1-15-6-7-17(22)14-20(15)24-21(26)16(2)23-18-8-10-19(11-9-18)25-12-4-3-5-13-25/h6-11,14,16,23H,3-5,12-13H2,1-2H3,(H,24,26)/t16-/m1/s1. The summed E-state index contributed by atoms with van der Waals surface area (Å²) in [5.74, 6) is -0.0875. The van der Waals surface area contributed by atoms with Gasteiger partial charge in [-0.15, -0.1) is 0 Å². The topological polar surface area (TPSA) is 44.4 Å². The molecule has 0 aliphatic carbocycles. The quantitative estimate of drug-likeness (QED) is 0.770. The molecule has 2 N–H and O–H groups in total. The van der Waals surface area contributed by atoms with Gasteiger partial charge in [-0.1, -0.05) is 17.7 Å². The van der Waals surface area contributed by atoms with Gasteiger partial charge in [0.2, 0.25) is 5.91 Å². The minimum atomic E-state index is -0.353. The monoisotopic (exact) mass is 371 g/mol. The summed E-state index contributed by atoms with van der Waals surface area (Å²) in [6.45, 7) is 6.06. The first-order chi connectivity index (χ1) is 12.5. The molecule has 1 amide bonds. The number of carbonyl (C=O) groups excluding carboxylic acids is 1. The van der Waals surface area contributed by atoms with E-state index in [-0.39, 0.29) is 11.9 Å². The van der Waals surface area contributed by atoms with Gasteiger partial charge in [0, 0.05) is 35.2 Å². The van der Waals surface area contributed by atoms with Crippen LogP contribution in [0.15, 0.2) is 42.5 Å². The first-order valence-corrected chi connectivity index (χ1v) is 9.59. The van der Waals surface area contributed by atoms with Gasteiger partial charge in [0.05, 0.1) is 0 Å². The van der Waals surface area contributed by atoms with Crippen LogP contribution in [0.25, 0.3) is 0 Å². The molecule has 26 heavy (non-hydrogen) atoms. The third-order valence-electron chi connectivity index (χ3n) is 4.82. The van der Waals surface area contributed by atoms with Gasteiger partial charge >= 0.3 is 0 Å². The van der Waals surface area contributed by atoms with Crippen molar-refractivity contribution in [1.82, 2.24) is 0 Å². The minimum Gasteiger partial charge on any atom is -0.374 e. The highest BCUT2D eigenvalue weighted by Gasteiger charge is 2.15. The van der Waals surface area contributed by atoms with Crippen molar-refractivity contribution in [3.05, 3.63) is 53.1 Å². The van der Waals surface area contributed by atoms with E-state index in [0.717, 1.165) is 30.0 Å². The zero-order valence-electron chi connectivity index (χ0n) is 15.4. The lowest BCUT2D eigenvalue weighted by molar-refractivity contribution is -0.116. The molecule has 1 saturated heterocycles. The summed E-state index contributed by atoms with van der Waals surface area (Å²) < 4.78 is 0. The third-order valence-corrected chi connectivity index (χ3v) is 5.06. The largest absolute Gasteiger partial charge is 0.374 e. The molecule has 1 heterocycles. The van der Waals surface area contributed by atoms with E-state index >= 15 is 0 Å². The van der Waals surface area contributed by atoms with E-state index in [0.29, 0.717) is 5.02 Å². The summed E-state index contributed by atoms with van der Waals surface area (Å²) in [7, 11) is 0. The highest BCUT2D eigenvalue weighted by atomic mass is 35.5. The smallest absolute Gasteiger partial charge is 0.246 e. The SMILES string of the molecule is Cc1ccc(Cl)cc1NC(=O)[C@@H](C)Nc1ccc(N2CCCCC2)cc1. The minimum absolute atomic E-state index is 0.0875. The molecular weight excluding hydrogens is 346 g/mol. The molecule has 5 heteroatoms. The van der Waals surface area contributed by atoms with Crippen molar-refractivity contribution in [3.8, 4) is 0 Å². The molecule has 1 fully saturated rings. The summed E-state index contributed by atoms with van der Waals surface area (Å²) in [4.78, 5) is 14.9. The number of amides is 1. The summed E-state index contributed by atoms with van der Waals surface area (Å²) in [6.07, 6.45) is 3.86. The molecule has 4 nitrogen and oxygen atoms in total. The number of piperidine rings is 1. The Morgan fingerprint density at radius 2 is 1.77 bits per heavy atom. The van der Waals surface area contributed by atoms with Crippen molar-refractivity contribution < 1.29 is 4.79 Å². The van der Waals surface area contributed by atoms with Crippen LogP contribution in [0.5, 0.6) is 0 Å². The first-order valence-electron chi connectivity index (χ1n) is 9.21. The van der Waals surface area contributed by atoms with Crippen molar-refractivity contribution in [1.29, 1.82) is 0 Å². The number of halogens is 1. The van der Waals surface area contributed by atoms with Crippen molar-refractivity contribution in [2.24, 2.45) is 0 Å². The molecule has 0 radical (unpaired) electrons. The fourth-order valence-corrected chi connectivity index (χ4v) is 3.38. The lowest BCUT2D eigenvalue weighted by atomic mass is 10.1. The normalized spacial score (nSPS) is 15.4. The average Bonchev–Trinajstić information content (AvgIpc) is 2.66. The number of benzene rings is 2. The second kappa shape index (κ2) is 8.45. The molecule has 3 rings (SSSR count). The highest BCUT2D eigenvalue weighted by Crippen LogP contribution is 2.23. The van der Waals surface area contributed by atoms with Gasteiger partial charge in [0.15, 0.2) is 0 Å². The number of hydrogen-bond donors (Lipinski definition) is 2. The molecule has 0 bridgehead atoms. The van der Waals surface area contributed by atoms with Crippen LogP contribution in [0.3, 0.4) is 0 Å². The number of nitrogens with zero attached hydrogens (tertiary/aromatic N) is 1. The van der Waals surface area contributed by atoms with Crippen LogP contribution in [-0.2, 0) is 4.79 Å². The van der Waals surface area contributed by atoms with Gasteiger partial charge in [-0.25, -0.2) is 0 Å². The van der Waals surface area contributed by atoms with Gasteiger partial charge < -0.3 is 15.5 Å². The maximum atomic E-state index is 12.5. The lowest BCUT2D eigenvalue weighted by Gasteiger charge is -2.29. The van der Waals surface area contributed by atoms with Crippen molar-refractivity contribution in [3.63, 3.8) is 0 Å². The number of aryl methyl sites for hydroxylation is 1. The van der Waals surface area contributed by atoms with Crippen LogP contribution in [0, 0.1) is 6.92 Å². The molecule has 1 atom stereocenters. The maximum absolute atomic E-state index is 12.5. The fourth-order valence-electron chi connectivity index (χ4n) is 3.21. The van der Waals surface area contributed by atoms with Gasteiger partial charge in [0.1, 0.15) is 6.04 Å². The molecule has 1 aliphatic rings. The van der Waals surface area contributed by atoms with Gasteiger partial charge in [-0.3, -0.25) is 4.79 Å². The third kappa shape index (κ3) is 4.70. The van der Waals surface area contributed by atoms with Crippen LogP contribution < -0.4 is 15.5 Å². The summed E-state index contributed by atoms with van der Waals surface area (Å²) in [6, 6.07) is 13.5. The Kier molecular flexibility index (Phi) is 6.04. The van der Waals surface area contributed by atoms with Crippen molar-refractivity contribution in [2.75, 3.05) is 28.6 Å². The van der Waals surface area contributed by atoms with E-state index in [1.165, 1.54) is 24.9 Å². The zero-order valence-corrected chi connectivity index (χ0v) is 16.1. The Balaban J connectivity index is 1.59. The lowest BCUT2D eigenvalue weighted by Crippen LogP contribution is -2.32. The molecule has 0 unspecified atom stereocenters.